The number of thiophene rings is 1. The van der Waals surface area contributed by atoms with Crippen LogP contribution in [0, 0.1) is 6.92 Å². The number of rotatable bonds is 1. The third-order valence-electron chi connectivity index (χ3n) is 1.69. The summed E-state index contributed by atoms with van der Waals surface area (Å²) in [4.78, 5) is 4.35. The largest absolute Gasteiger partial charge is 0.140 e. The first-order chi connectivity index (χ1) is 5.36. The molecule has 0 saturated heterocycles. The van der Waals surface area contributed by atoms with Crippen molar-refractivity contribution in [2.24, 2.45) is 0 Å². The zero-order valence-electron chi connectivity index (χ0n) is 6.46. The van der Waals surface area contributed by atoms with Gasteiger partial charge in [-0.1, -0.05) is 6.08 Å². The van der Waals surface area contributed by atoms with E-state index < -0.39 is 0 Å². The molecule has 2 rings (SSSR count). The van der Waals surface area contributed by atoms with E-state index in [0.29, 0.717) is 0 Å². The van der Waals surface area contributed by atoms with Crippen LogP contribution in [0.4, 0.5) is 0 Å². The molecule has 0 nitrogen and oxygen atoms in total. The van der Waals surface area contributed by atoms with E-state index in [-0.39, 0.29) is 0 Å². The van der Waals surface area contributed by atoms with Crippen LogP contribution in [0.3, 0.4) is 0 Å². The molecule has 0 atom stereocenters. The molecule has 11 heavy (non-hydrogen) atoms. The molecule has 0 unspecified atom stereocenters. The molecule has 2 heterocycles. The second-order valence-corrected chi connectivity index (χ2v) is 5.04. The van der Waals surface area contributed by atoms with Crippen molar-refractivity contribution in [1.82, 2.24) is 0 Å². The van der Waals surface area contributed by atoms with Crippen molar-refractivity contribution in [2.75, 3.05) is 5.75 Å². The molecule has 1 aliphatic rings. The smallest absolute Gasteiger partial charge is 0.0405 e. The lowest BCUT2D eigenvalue weighted by Gasteiger charge is -1.93. The Morgan fingerprint density at radius 3 is 2.82 bits per heavy atom. The summed E-state index contributed by atoms with van der Waals surface area (Å²) in [5.74, 6) is 1.27. The van der Waals surface area contributed by atoms with Gasteiger partial charge in [-0.25, -0.2) is 0 Å². The molecule has 0 saturated carbocycles. The van der Waals surface area contributed by atoms with E-state index in [0.717, 1.165) is 0 Å². The van der Waals surface area contributed by atoms with Crippen molar-refractivity contribution >= 4 is 28.0 Å². The van der Waals surface area contributed by atoms with Gasteiger partial charge in [-0.2, -0.15) is 0 Å². The summed E-state index contributed by atoms with van der Waals surface area (Å²) in [5.41, 5.74) is 0. The van der Waals surface area contributed by atoms with Crippen molar-refractivity contribution in [3.63, 3.8) is 0 Å². The SMILES string of the molecule is Cc1ccc(C2=CCCS2)s1. The summed E-state index contributed by atoms with van der Waals surface area (Å²) in [6.07, 6.45) is 3.59. The minimum atomic E-state index is 1.25. The maximum absolute atomic E-state index is 2.34. The molecule has 2 heteroatoms. The van der Waals surface area contributed by atoms with E-state index in [9.17, 15) is 0 Å². The van der Waals surface area contributed by atoms with Crippen LogP contribution >= 0.6 is 23.1 Å². The monoisotopic (exact) mass is 182 g/mol. The third-order valence-corrected chi connectivity index (χ3v) is 3.99. The summed E-state index contributed by atoms with van der Waals surface area (Å²) in [7, 11) is 0. The van der Waals surface area contributed by atoms with Crippen LogP contribution in [-0.2, 0) is 0 Å². The van der Waals surface area contributed by atoms with Gasteiger partial charge < -0.3 is 0 Å². The van der Waals surface area contributed by atoms with Crippen molar-refractivity contribution < 1.29 is 0 Å². The second-order valence-electron chi connectivity index (χ2n) is 2.62. The number of thioether (sulfide) groups is 1. The molecule has 58 valence electrons. The Balaban J connectivity index is 2.28. The standard InChI is InChI=1S/C9H10S2/c1-7-4-5-9(11-7)8-3-2-6-10-8/h3-5H,2,6H2,1H3. The summed E-state index contributed by atoms with van der Waals surface area (Å²) in [5, 5.41) is 0. The zero-order valence-corrected chi connectivity index (χ0v) is 8.10. The van der Waals surface area contributed by atoms with Crippen LogP contribution in [0.2, 0.25) is 0 Å². The van der Waals surface area contributed by atoms with Gasteiger partial charge >= 0.3 is 0 Å². The Labute approximate surface area is 75.3 Å². The van der Waals surface area contributed by atoms with E-state index in [2.05, 4.69) is 25.1 Å². The van der Waals surface area contributed by atoms with Crippen LogP contribution in [-0.4, -0.2) is 5.75 Å². The van der Waals surface area contributed by atoms with Gasteiger partial charge in [-0.05, 0) is 25.5 Å². The quantitative estimate of drug-likeness (QED) is 0.640. The van der Waals surface area contributed by atoms with E-state index in [1.807, 2.05) is 23.1 Å². The van der Waals surface area contributed by atoms with E-state index in [1.165, 1.54) is 26.8 Å². The molecule has 0 N–H and O–H groups in total. The molecule has 0 amide bonds. The predicted molar refractivity (Wildman–Crippen MR) is 54.1 cm³/mol. The van der Waals surface area contributed by atoms with Crippen LogP contribution in [0.5, 0.6) is 0 Å². The average molecular weight is 182 g/mol. The summed E-state index contributed by atoms with van der Waals surface area (Å²) in [6, 6.07) is 4.42. The molecular formula is C9H10S2. The normalized spacial score (nSPS) is 17.0. The average Bonchev–Trinajstić information content (AvgIpc) is 2.55. The van der Waals surface area contributed by atoms with Crippen LogP contribution in [0.1, 0.15) is 16.2 Å². The van der Waals surface area contributed by atoms with Gasteiger partial charge in [0.15, 0.2) is 0 Å². The molecule has 0 radical (unpaired) electrons. The minimum absolute atomic E-state index is 1.25. The Morgan fingerprint density at radius 2 is 2.27 bits per heavy atom. The fraction of sp³-hybridized carbons (Fsp3) is 0.333. The van der Waals surface area contributed by atoms with Crippen molar-refractivity contribution in [2.45, 2.75) is 13.3 Å². The number of allylic oxidation sites excluding steroid dienone is 1. The first kappa shape index (κ1) is 7.44. The fourth-order valence-corrected chi connectivity index (χ4v) is 3.16. The van der Waals surface area contributed by atoms with Crippen LogP contribution < -0.4 is 0 Å². The van der Waals surface area contributed by atoms with E-state index in [1.54, 1.807) is 0 Å². The minimum Gasteiger partial charge on any atom is -0.140 e. The maximum Gasteiger partial charge on any atom is 0.0405 e. The molecule has 1 aromatic heterocycles. The second kappa shape index (κ2) is 3.03. The summed E-state index contributed by atoms with van der Waals surface area (Å²) < 4.78 is 0. The molecule has 0 bridgehead atoms. The van der Waals surface area contributed by atoms with Gasteiger partial charge in [0.25, 0.3) is 0 Å². The van der Waals surface area contributed by atoms with Crippen molar-refractivity contribution in [3.05, 3.63) is 28.0 Å². The highest BCUT2D eigenvalue weighted by Gasteiger charge is 2.08. The number of hydrogen-bond acceptors (Lipinski definition) is 2. The molecular weight excluding hydrogens is 172 g/mol. The molecule has 0 spiro atoms. The first-order valence-corrected chi connectivity index (χ1v) is 5.56. The van der Waals surface area contributed by atoms with Gasteiger partial charge in [0.2, 0.25) is 0 Å². The first-order valence-electron chi connectivity index (χ1n) is 3.76. The molecule has 1 aromatic rings. The van der Waals surface area contributed by atoms with Crippen molar-refractivity contribution in [1.29, 1.82) is 0 Å². The Kier molecular flexibility index (Phi) is 2.05. The number of aryl methyl sites for hydroxylation is 1. The summed E-state index contributed by atoms with van der Waals surface area (Å²) in [6.45, 7) is 2.16. The Hall–Kier alpha value is -0.210. The lowest BCUT2D eigenvalue weighted by molar-refractivity contribution is 1.28. The summed E-state index contributed by atoms with van der Waals surface area (Å²) >= 11 is 3.88. The van der Waals surface area contributed by atoms with E-state index in [4.69, 9.17) is 0 Å². The predicted octanol–water partition coefficient (Wildman–Crippen LogP) is 3.53. The lowest BCUT2D eigenvalue weighted by Crippen LogP contribution is -1.64. The Morgan fingerprint density at radius 1 is 1.36 bits per heavy atom. The van der Waals surface area contributed by atoms with E-state index >= 15 is 0 Å². The number of hydrogen-bond donors (Lipinski definition) is 0. The van der Waals surface area contributed by atoms with Crippen LogP contribution in [0.15, 0.2) is 18.2 Å². The molecule has 0 aliphatic carbocycles. The third kappa shape index (κ3) is 1.52. The van der Waals surface area contributed by atoms with Crippen molar-refractivity contribution in [3.8, 4) is 0 Å². The highest BCUT2D eigenvalue weighted by Crippen LogP contribution is 2.37. The maximum atomic E-state index is 2.34. The molecule has 1 aliphatic heterocycles. The highest BCUT2D eigenvalue weighted by atomic mass is 32.2. The Bertz CT molecular complexity index is 284. The zero-order chi connectivity index (χ0) is 7.68. The van der Waals surface area contributed by atoms with Gasteiger partial charge in [-0.15, -0.1) is 23.1 Å². The van der Waals surface area contributed by atoms with Crippen LogP contribution in [0.25, 0.3) is 4.91 Å². The van der Waals surface area contributed by atoms with Gasteiger partial charge in [0.05, 0.1) is 0 Å². The van der Waals surface area contributed by atoms with Gasteiger partial charge in [0.1, 0.15) is 0 Å². The lowest BCUT2D eigenvalue weighted by atomic mass is 10.3. The fourth-order valence-electron chi connectivity index (χ4n) is 1.16. The molecule has 0 fully saturated rings. The molecule has 0 aromatic carbocycles. The topological polar surface area (TPSA) is 0 Å². The highest BCUT2D eigenvalue weighted by molar-refractivity contribution is 8.08. The van der Waals surface area contributed by atoms with Gasteiger partial charge in [-0.3, -0.25) is 0 Å². The van der Waals surface area contributed by atoms with Gasteiger partial charge in [0, 0.05) is 20.4 Å².